The number of hydrogen-bond donors (Lipinski definition) is 0. The Morgan fingerprint density at radius 2 is 1.04 bits per heavy atom. The molecular weight excluding hydrogens is 296 g/mol. The molecule has 0 aliphatic rings. The Morgan fingerprint density at radius 3 is 1.42 bits per heavy atom. The zero-order valence-corrected chi connectivity index (χ0v) is 16.1. The van der Waals surface area contributed by atoms with Crippen molar-refractivity contribution < 1.29 is 9.47 Å². The summed E-state index contributed by atoms with van der Waals surface area (Å²) in [4.78, 5) is 0. The van der Waals surface area contributed by atoms with Gasteiger partial charge in [0.1, 0.15) is 11.5 Å². The van der Waals surface area contributed by atoms with Gasteiger partial charge in [0, 0.05) is 5.56 Å². The van der Waals surface area contributed by atoms with Gasteiger partial charge in [0.15, 0.2) is 0 Å². The SMILES string of the molecule is CCOc1cccc(OCC)c1C.CCc1cccc(CC)c1C. The molecule has 0 aliphatic heterocycles. The molecular formula is C22H32O2. The molecule has 0 heterocycles. The fourth-order valence-electron chi connectivity index (χ4n) is 2.72. The van der Waals surface area contributed by atoms with Crippen molar-refractivity contribution in [3.63, 3.8) is 0 Å². The summed E-state index contributed by atoms with van der Waals surface area (Å²) in [7, 11) is 0. The maximum Gasteiger partial charge on any atom is 0.125 e. The second-order valence-corrected chi connectivity index (χ2v) is 5.65. The Bertz CT molecular complexity index is 571. The van der Waals surface area contributed by atoms with Crippen molar-refractivity contribution in [2.75, 3.05) is 13.2 Å². The molecule has 0 saturated carbocycles. The van der Waals surface area contributed by atoms with Crippen LogP contribution in [0.2, 0.25) is 0 Å². The van der Waals surface area contributed by atoms with Crippen LogP contribution in [0.25, 0.3) is 0 Å². The largest absolute Gasteiger partial charge is 0.493 e. The third-order valence-electron chi connectivity index (χ3n) is 4.15. The second-order valence-electron chi connectivity index (χ2n) is 5.65. The lowest BCUT2D eigenvalue weighted by atomic mass is 9.99. The summed E-state index contributed by atoms with van der Waals surface area (Å²) >= 11 is 0. The molecule has 2 aromatic rings. The first-order chi connectivity index (χ1) is 11.6. The predicted octanol–water partition coefficient (Wildman–Crippen LogP) is 5.91. The van der Waals surface area contributed by atoms with Crippen molar-refractivity contribution in [1.29, 1.82) is 0 Å². The van der Waals surface area contributed by atoms with Crippen LogP contribution in [0.1, 0.15) is 49.9 Å². The number of rotatable bonds is 6. The molecule has 2 heteroatoms. The fourth-order valence-corrected chi connectivity index (χ4v) is 2.72. The third kappa shape index (κ3) is 5.59. The molecule has 0 fully saturated rings. The molecule has 0 bridgehead atoms. The van der Waals surface area contributed by atoms with Gasteiger partial charge >= 0.3 is 0 Å². The Kier molecular flexibility index (Phi) is 8.99. The van der Waals surface area contributed by atoms with E-state index in [0.29, 0.717) is 13.2 Å². The van der Waals surface area contributed by atoms with Gasteiger partial charge in [-0.05, 0) is 69.4 Å². The Balaban J connectivity index is 0.000000243. The van der Waals surface area contributed by atoms with Crippen LogP contribution < -0.4 is 9.47 Å². The zero-order valence-electron chi connectivity index (χ0n) is 16.1. The maximum absolute atomic E-state index is 5.44. The molecule has 2 aromatic carbocycles. The molecule has 0 N–H and O–H groups in total. The number of hydrogen-bond acceptors (Lipinski definition) is 2. The average Bonchev–Trinajstić information content (AvgIpc) is 2.60. The van der Waals surface area contributed by atoms with Crippen molar-refractivity contribution in [2.24, 2.45) is 0 Å². The summed E-state index contributed by atoms with van der Waals surface area (Å²) in [5.74, 6) is 1.82. The number of benzene rings is 2. The van der Waals surface area contributed by atoms with Crippen LogP contribution in [0.15, 0.2) is 36.4 Å². The smallest absolute Gasteiger partial charge is 0.125 e. The van der Waals surface area contributed by atoms with Crippen molar-refractivity contribution in [2.45, 2.75) is 54.4 Å². The number of ether oxygens (including phenoxy) is 2. The second kappa shape index (κ2) is 10.7. The summed E-state index contributed by atoms with van der Waals surface area (Å²) in [6, 6.07) is 12.5. The van der Waals surface area contributed by atoms with E-state index >= 15 is 0 Å². The first kappa shape index (κ1) is 20.1. The molecule has 0 saturated heterocycles. The highest BCUT2D eigenvalue weighted by Gasteiger charge is 2.04. The lowest BCUT2D eigenvalue weighted by molar-refractivity contribution is 0.319. The van der Waals surface area contributed by atoms with Crippen LogP contribution in [-0.4, -0.2) is 13.2 Å². The Hall–Kier alpha value is -1.96. The third-order valence-corrected chi connectivity index (χ3v) is 4.15. The molecule has 0 spiro atoms. The fraction of sp³-hybridized carbons (Fsp3) is 0.455. The monoisotopic (exact) mass is 328 g/mol. The first-order valence-corrected chi connectivity index (χ1v) is 9.01. The van der Waals surface area contributed by atoms with E-state index in [9.17, 15) is 0 Å². The minimum atomic E-state index is 0.691. The maximum atomic E-state index is 5.44. The van der Waals surface area contributed by atoms with E-state index in [1.165, 1.54) is 16.7 Å². The van der Waals surface area contributed by atoms with Crippen molar-refractivity contribution >= 4 is 0 Å². The Morgan fingerprint density at radius 1 is 0.625 bits per heavy atom. The molecule has 0 atom stereocenters. The molecule has 2 rings (SSSR count). The first-order valence-electron chi connectivity index (χ1n) is 9.01. The Labute approximate surface area is 147 Å². The highest BCUT2D eigenvalue weighted by molar-refractivity contribution is 5.43. The van der Waals surface area contributed by atoms with Gasteiger partial charge in [-0.2, -0.15) is 0 Å². The minimum Gasteiger partial charge on any atom is -0.493 e. The van der Waals surface area contributed by atoms with E-state index in [0.717, 1.165) is 29.9 Å². The highest BCUT2D eigenvalue weighted by Crippen LogP contribution is 2.27. The molecule has 0 amide bonds. The molecule has 0 aromatic heterocycles. The normalized spacial score (nSPS) is 9.92. The summed E-state index contributed by atoms with van der Waals surface area (Å²) in [5, 5.41) is 0. The molecule has 132 valence electrons. The summed E-state index contributed by atoms with van der Waals surface area (Å²) in [6.45, 7) is 14.0. The molecule has 0 radical (unpaired) electrons. The minimum absolute atomic E-state index is 0.691. The quantitative estimate of drug-likeness (QED) is 0.656. The lowest BCUT2D eigenvalue weighted by Crippen LogP contribution is -1.98. The summed E-state index contributed by atoms with van der Waals surface area (Å²) in [5.41, 5.74) is 5.54. The van der Waals surface area contributed by atoms with Crippen LogP contribution in [0, 0.1) is 13.8 Å². The van der Waals surface area contributed by atoms with Gasteiger partial charge in [-0.1, -0.05) is 38.1 Å². The van der Waals surface area contributed by atoms with E-state index in [-0.39, 0.29) is 0 Å². The van der Waals surface area contributed by atoms with Gasteiger partial charge in [0.25, 0.3) is 0 Å². The van der Waals surface area contributed by atoms with Gasteiger partial charge in [-0.25, -0.2) is 0 Å². The molecule has 24 heavy (non-hydrogen) atoms. The van der Waals surface area contributed by atoms with Gasteiger partial charge in [0.05, 0.1) is 13.2 Å². The zero-order chi connectivity index (χ0) is 17.9. The van der Waals surface area contributed by atoms with Gasteiger partial charge < -0.3 is 9.47 Å². The van der Waals surface area contributed by atoms with Crippen LogP contribution in [0.4, 0.5) is 0 Å². The number of aryl methyl sites for hydroxylation is 2. The van der Waals surface area contributed by atoms with Crippen molar-refractivity contribution in [3.8, 4) is 11.5 Å². The van der Waals surface area contributed by atoms with E-state index in [4.69, 9.17) is 9.47 Å². The van der Waals surface area contributed by atoms with E-state index < -0.39 is 0 Å². The van der Waals surface area contributed by atoms with Crippen LogP contribution in [0.5, 0.6) is 11.5 Å². The van der Waals surface area contributed by atoms with Crippen molar-refractivity contribution in [3.05, 3.63) is 58.7 Å². The average molecular weight is 328 g/mol. The van der Waals surface area contributed by atoms with Gasteiger partial charge in [-0.3, -0.25) is 0 Å². The van der Waals surface area contributed by atoms with E-state index in [1.54, 1.807) is 0 Å². The van der Waals surface area contributed by atoms with Gasteiger partial charge in [-0.15, -0.1) is 0 Å². The van der Waals surface area contributed by atoms with Gasteiger partial charge in [0.2, 0.25) is 0 Å². The van der Waals surface area contributed by atoms with E-state index in [2.05, 4.69) is 39.0 Å². The van der Waals surface area contributed by atoms with Crippen molar-refractivity contribution in [1.82, 2.24) is 0 Å². The topological polar surface area (TPSA) is 18.5 Å². The standard InChI is InChI=1S/C11H16O2.C11H16/c1-4-12-10-7-6-8-11(9(10)3)13-5-2;1-4-10-7-6-8-11(5-2)9(10)3/h6-8H,4-5H2,1-3H3;6-8H,4-5H2,1-3H3. The van der Waals surface area contributed by atoms with Crippen LogP contribution in [0.3, 0.4) is 0 Å². The van der Waals surface area contributed by atoms with E-state index in [1.807, 2.05) is 39.0 Å². The molecule has 2 nitrogen and oxygen atoms in total. The molecule has 0 unspecified atom stereocenters. The summed E-state index contributed by atoms with van der Waals surface area (Å²) < 4.78 is 10.9. The highest BCUT2D eigenvalue weighted by atomic mass is 16.5. The lowest BCUT2D eigenvalue weighted by Gasteiger charge is -2.11. The predicted molar refractivity (Wildman–Crippen MR) is 103 cm³/mol. The van der Waals surface area contributed by atoms with Crippen LogP contribution in [-0.2, 0) is 12.8 Å². The molecule has 0 aliphatic carbocycles. The summed E-state index contributed by atoms with van der Waals surface area (Å²) in [6.07, 6.45) is 2.30. The van der Waals surface area contributed by atoms with Crippen LogP contribution >= 0.6 is 0 Å².